The minimum atomic E-state index is -0.500. The third-order valence-corrected chi connectivity index (χ3v) is 4.78. The molecule has 2 amide bonds. The zero-order chi connectivity index (χ0) is 23.2. The average molecular weight is 445 g/mol. The second-order valence-electron chi connectivity index (χ2n) is 6.96. The molecule has 0 atom stereocenters. The van der Waals surface area contributed by atoms with Crippen molar-refractivity contribution in [1.82, 2.24) is 5.43 Å². The summed E-state index contributed by atoms with van der Waals surface area (Å²) in [5.74, 6) is 0.00700. The topological polar surface area (TPSA) is 111 Å². The molecule has 0 bridgehead atoms. The van der Waals surface area contributed by atoms with E-state index in [1.165, 1.54) is 35.4 Å². The molecule has 0 spiro atoms. The molecule has 3 aromatic rings. The Morgan fingerprint density at radius 2 is 1.55 bits per heavy atom. The number of amides is 2. The fourth-order valence-electron chi connectivity index (χ4n) is 3.18. The maximum atomic E-state index is 12.8. The van der Waals surface area contributed by atoms with Gasteiger partial charge in [-0.3, -0.25) is 25.1 Å². The van der Waals surface area contributed by atoms with Gasteiger partial charge in [0.25, 0.3) is 17.5 Å². The fraction of sp³-hybridized carbons (Fsp3) is 0.0833. The van der Waals surface area contributed by atoms with Crippen molar-refractivity contribution in [2.75, 3.05) is 18.2 Å². The number of ether oxygens (including phenoxy) is 2. The first kappa shape index (κ1) is 21.6. The first-order valence-corrected chi connectivity index (χ1v) is 10.0. The van der Waals surface area contributed by atoms with Gasteiger partial charge in [-0.05, 0) is 36.4 Å². The number of anilines is 1. The summed E-state index contributed by atoms with van der Waals surface area (Å²) in [6.45, 7) is 0.386. The van der Waals surface area contributed by atoms with Crippen molar-refractivity contribution in [3.05, 3.63) is 100 Å². The number of benzene rings is 3. The number of nitro groups is 1. The van der Waals surface area contributed by atoms with E-state index in [0.717, 1.165) is 0 Å². The van der Waals surface area contributed by atoms with E-state index in [9.17, 15) is 19.7 Å². The Kier molecular flexibility index (Phi) is 6.31. The maximum Gasteiger partial charge on any atom is 0.282 e. The van der Waals surface area contributed by atoms with Gasteiger partial charge >= 0.3 is 0 Å². The number of hydrogen-bond acceptors (Lipinski definition) is 6. The van der Waals surface area contributed by atoms with Gasteiger partial charge in [0.1, 0.15) is 30.3 Å². The van der Waals surface area contributed by atoms with E-state index in [4.69, 9.17) is 9.47 Å². The molecule has 1 N–H and O–H groups in total. The summed E-state index contributed by atoms with van der Waals surface area (Å²) in [4.78, 5) is 35.4. The molecule has 0 unspecified atom stereocenters. The quantitative estimate of drug-likeness (QED) is 0.187. The van der Waals surface area contributed by atoms with Crippen LogP contribution in [0.25, 0.3) is 6.08 Å². The molecule has 0 aromatic heterocycles. The van der Waals surface area contributed by atoms with Crippen molar-refractivity contribution in [2.24, 2.45) is 0 Å². The number of carbonyl (C=O) groups excluding carboxylic acids is 2. The number of hydrazine groups is 1. The SMILES string of the molecule is O=C1NN(c2ccccc2)C(=O)/C1=C\c1ccccc1OCCOc1ccc([N+](=O)[O-])cc1. The normalized spacial score (nSPS) is 14.3. The minimum Gasteiger partial charge on any atom is -0.490 e. The summed E-state index contributed by atoms with van der Waals surface area (Å²) in [5, 5.41) is 11.9. The summed E-state index contributed by atoms with van der Waals surface area (Å²) in [5.41, 5.74) is 3.68. The van der Waals surface area contributed by atoms with Gasteiger partial charge < -0.3 is 9.47 Å². The van der Waals surface area contributed by atoms with Crippen molar-refractivity contribution in [3.63, 3.8) is 0 Å². The third-order valence-electron chi connectivity index (χ3n) is 4.78. The monoisotopic (exact) mass is 445 g/mol. The lowest BCUT2D eigenvalue weighted by molar-refractivity contribution is -0.384. The summed E-state index contributed by atoms with van der Waals surface area (Å²) in [6, 6.07) is 21.6. The summed E-state index contributed by atoms with van der Waals surface area (Å²) >= 11 is 0. The Labute approximate surface area is 189 Å². The number of rotatable bonds is 8. The summed E-state index contributed by atoms with van der Waals surface area (Å²) < 4.78 is 11.3. The summed E-state index contributed by atoms with van der Waals surface area (Å²) in [6.07, 6.45) is 1.49. The molecule has 0 saturated carbocycles. The first-order chi connectivity index (χ1) is 16.0. The number of non-ortho nitro benzene ring substituents is 1. The van der Waals surface area contributed by atoms with Gasteiger partial charge in [-0.1, -0.05) is 36.4 Å². The number of nitrogens with zero attached hydrogens (tertiary/aromatic N) is 2. The van der Waals surface area contributed by atoms with Crippen LogP contribution in [0.2, 0.25) is 0 Å². The van der Waals surface area contributed by atoms with Crippen LogP contribution in [0.15, 0.2) is 84.4 Å². The minimum absolute atomic E-state index is 0.00275. The van der Waals surface area contributed by atoms with Crippen LogP contribution >= 0.6 is 0 Å². The Morgan fingerprint density at radius 3 is 2.27 bits per heavy atom. The number of para-hydroxylation sites is 2. The molecule has 9 nitrogen and oxygen atoms in total. The van der Waals surface area contributed by atoms with Crippen LogP contribution in [-0.4, -0.2) is 30.0 Å². The molecule has 0 aliphatic carbocycles. The van der Waals surface area contributed by atoms with Crippen molar-refractivity contribution in [2.45, 2.75) is 0 Å². The van der Waals surface area contributed by atoms with E-state index >= 15 is 0 Å². The van der Waals surface area contributed by atoms with Gasteiger partial charge in [-0.15, -0.1) is 0 Å². The smallest absolute Gasteiger partial charge is 0.282 e. The van der Waals surface area contributed by atoms with Crippen LogP contribution in [0.4, 0.5) is 11.4 Å². The Hall–Kier alpha value is -4.66. The van der Waals surface area contributed by atoms with E-state index < -0.39 is 16.7 Å². The van der Waals surface area contributed by atoms with Crippen LogP contribution in [-0.2, 0) is 9.59 Å². The Balaban J connectivity index is 1.41. The van der Waals surface area contributed by atoms with Crippen molar-refractivity contribution in [1.29, 1.82) is 0 Å². The van der Waals surface area contributed by atoms with Crippen molar-refractivity contribution >= 4 is 29.3 Å². The highest BCUT2D eigenvalue weighted by Crippen LogP contribution is 2.25. The highest BCUT2D eigenvalue weighted by molar-refractivity contribution is 6.31. The molecule has 9 heteroatoms. The predicted molar refractivity (Wildman–Crippen MR) is 121 cm³/mol. The largest absolute Gasteiger partial charge is 0.490 e. The predicted octanol–water partition coefficient (Wildman–Crippen LogP) is 3.51. The molecular formula is C24H19N3O6. The lowest BCUT2D eigenvalue weighted by atomic mass is 10.1. The Bertz CT molecular complexity index is 1210. The molecule has 1 aliphatic rings. The zero-order valence-corrected chi connectivity index (χ0v) is 17.3. The number of nitrogens with one attached hydrogen (secondary N) is 1. The van der Waals surface area contributed by atoms with Gasteiger partial charge in [0.15, 0.2) is 0 Å². The van der Waals surface area contributed by atoms with Crippen LogP contribution in [0.5, 0.6) is 11.5 Å². The molecular weight excluding hydrogens is 426 g/mol. The molecule has 1 fully saturated rings. The highest BCUT2D eigenvalue weighted by atomic mass is 16.6. The molecule has 1 aliphatic heterocycles. The van der Waals surface area contributed by atoms with Crippen LogP contribution in [0, 0.1) is 10.1 Å². The van der Waals surface area contributed by atoms with Crippen molar-refractivity contribution in [3.8, 4) is 11.5 Å². The van der Waals surface area contributed by atoms with E-state index in [1.807, 2.05) is 6.07 Å². The van der Waals surface area contributed by atoms with Gasteiger partial charge in [0.05, 0.1) is 10.6 Å². The van der Waals surface area contributed by atoms with Crippen LogP contribution < -0.4 is 19.9 Å². The highest BCUT2D eigenvalue weighted by Gasteiger charge is 2.34. The van der Waals surface area contributed by atoms with E-state index in [2.05, 4.69) is 5.43 Å². The summed E-state index contributed by atoms with van der Waals surface area (Å²) in [7, 11) is 0. The number of nitro benzene ring substituents is 1. The second kappa shape index (κ2) is 9.65. The lowest BCUT2D eigenvalue weighted by Gasteiger charge is -2.14. The van der Waals surface area contributed by atoms with Gasteiger partial charge in [0, 0.05) is 17.7 Å². The number of carbonyl (C=O) groups is 2. The molecule has 0 radical (unpaired) electrons. The maximum absolute atomic E-state index is 12.8. The van der Waals surface area contributed by atoms with Gasteiger partial charge in [-0.2, -0.15) is 0 Å². The number of hydrogen-bond donors (Lipinski definition) is 1. The third kappa shape index (κ3) is 4.99. The zero-order valence-electron chi connectivity index (χ0n) is 17.3. The van der Waals surface area contributed by atoms with Gasteiger partial charge in [-0.25, -0.2) is 5.01 Å². The van der Waals surface area contributed by atoms with Gasteiger partial charge in [0.2, 0.25) is 0 Å². The molecule has 1 saturated heterocycles. The average Bonchev–Trinajstić information content (AvgIpc) is 3.12. The fourth-order valence-corrected chi connectivity index (χ4v) is 3.18. The van der Waals surface area contributed by atoms with E-state index in [1.54, 1.807) is 48.5 Å². The molecule has 33 heavy (non-hydrogen) atoms. The molecule has 1 heterocycles. The van der Waals surface area contributed by atoms with Crippen LogP contribution in [0.1, 0.15) is 5.56 Å². The Morgan fingerprint density at radius 1 is 0.879 bits per heavy atom. The molecule has 3 aromatic carbocycles. The first-order valence-electron chi connectivity index (χ1n) is 10.0. The van der Waals surface area contributed by atoms with E-state index in [-0.39, 0.29) is 24.5 Å². The standard InChI is InChI=1S/C24H19N3O6/c28-23-21(24(29)26(25-23)18-7-2-1-3-8-18)16-17-6-4-5-9-22(17)33-15-14-32-20-12-10-19(11-13-20)27(30)31/h1-13,16H,14-15H2,(H,25,28)/b21-16-. The molecule has 4 rings (SSSR count). The van der Waals surface area contributed by atoms with E-state index in [0.29, 0.717) is 22.7 Å². The second-order valence-corrected chi connectivity index (χ2v) is 6.96. The molecule has 166 valence electrons. The van der Waals surface area contributed by atoms with Crippen molar-refractivity contribution < 1.29 is 24.0 Å². The lowest BCUT2D eigenvalue weighted by Crippen LogP contribution is -2.35. The van der Waals surface area contributed by atoms with Crippen LogP contribution in [0.3, 0.4) is 0 Å².